The predicted octanol–water partition coefficient (Wildman–Crippen LogP) is 7.81. The molecule has 316 valence electrons. The van der Waals surface area contributed by atoms with E-state index in [0.29, 0.717) is 13.0 Å². The third kappa shape index (κ3) is 25.3. The fraction of sp³-hybridized carbons (Fsp3) is 0.975. The van der Waals surface area contributed by atoms with Crippen LogP contribution in [0.5, 0.6) is 0 Å². The van der Waals surface area contributed by atoms with Crippen LogP contribution in [0.25, 0.3) is 0 Å². The molecule has 1 rings (SSSR count). The van der Waals surface area contributed by atoms with Gasteiger partial charge in [-0.15, -0.1) is 0 Å². The number of esters is 1. The van der Waals surface area contributed by atoms with Crippen molar-refractivity contribution in [1.82, 2.24) is 0 Å². The third-order valence-corrected chi connectivity index (χ3v) is 11.2. The van der Waals surface area contributed by atoms with Crippen molar-refractivity contribution in [2.24, 2.45) is 0 Å². The molecule has 0 amide bonds. The maximum atomic E-state index is 12.7. The first-order valence-corrected chi connectivity index (χ1v) is 22.9. The van der Waals surface area contributed by atoms with Crippen molar-refractivity contribution in [3.63, 3.8) is 0 Å². The van der Waals surface area contributed by atoms with Gasteiger partial charge in [-0.3, -0.25) is 13.8 Å². The van der Waals surface area contributed by atoms with Crippen LogP contribution in [0.15, 0.2) is 0 Å². The van der Waals surface area contributed by atoms with E-state index in [1.165, 1.54) is 122 Å². The van der Waals surface area contributed by atoms with Gasteiger partial charge in [0.2, 0.25) is 0 Å². The van der Waals surface area contributed by atoms with Crippen molar-refractivity contribution in [3.05, 3.63) is 0 Å². The van der Waals surface area contributed by atoms with E-state index in [0.717, 1.165) is 38.5 Å². The van der Waals surface area contributed by atoms with Gasteiger partial charge in [0.1, 0.15) is 42.7 Å². The zero-order chi connectivity index (χ0) is 39.2. The molecule has 12 nitrogen and oxygen atoms in total. The molecule has 0 heterocycles. The van der Waals surface area contributed by atoms with Crippen molar-refractivity contribution in [1.29, 1.82) is 0 Å². The van der Waals surface area contributed by atoms with Gasteiger partial charge in [0, 0.05) is 13.0 Å². The van der Waals surface area contributed by atoms with Crippen molar-refractivity contribution < 1.29 is 58.3 Å². The minimum atomic E-state index is -5.00. The van der Waals surface area contributed by atoms with Crippen LogP contribution < -0.4 is 0 Å². The van der Waals surface area contributed by atoms with Gasteiger partial charge < -0.3 is 39.9 Å². The van der Waals surface area contributed by atoms with E-state index in [1.807, 2.05) is 0 Å². The maximum absolute atomic E-state index is 12.7. The summed E-state index contributed by atoms with van der Waals surface area (Å²) < 4.78 is 34.0. The molecule has 6 unspecified atom stereocenters. The van der Waals surface area contributed by atoms with E-state index >= 15 is 0 Å². The van der Waals surface area contributed by atoms with E-state index < -0.39 is 63.1 Å². The number of aliphatic hydroxyl groups excluding tert-OH is 5. The molecule has 1 saturated carbocycles. The lowest BCUT2D eigenvalue weighted by Crippen LogP contribution is -2.64. The highest BCUT2D eigenvalue weighted by molar-refractivity contribution is 7.47. The summed E-state index contributed by atoms with van der Waals surface area (Å²) in [5, 5.41) is 50.0. The van der Waals surface area contributed by atoms with Crippen molar-refractivity contribution in [3.8, 4) is 0 Å². The molecule has 0 aromatic rings. The predicted molar refractivity (Wildman–Crippen MR) is 207 cm³/mol. The summed E-state index contributed by atoms with van der Waals surface area (Å²) in [5.41, 5.74) is 0. The molecule has 1 fully saturated rings. The molecule has 1 aliphatic carbocycles. The van der Waals surface area contributed by atoms with Gasteiger partial charge >= 0.3 is 13.8 Å². The van der Waals surface area contributed by atoms with E-state index in [2.05, 4.69) is 13.8 Å². The number of phosphoric acid groups is 1. The minimum Gasteiger partial charge on any atom is -0.457 e. The SMILES string of the molecule is CCCCCCCCCCCCCCCCCCCC(=O)OC(COCCCCCCCCCCC)COP(=O)(O)OC1C(O)C(O)C(O)C(O)C1O. The Morgan fingerprint density at radius 3 is 1.30 bits per heavy atom. The fourth-order valence-electron chi connectivity index (χ4n) is 6.77. The van der Waals surface area contributed by atoms with E-state index in [4.69, 9.17) is 18.5 Å². The quantitative estimate of drug-likeness (QED) is 0.0206. The molecule has 0 saturated heterocycles. The summed E-state index contributed by atoms with van der Waals surface area (Å²) in [6, 6.07) is 0. The molecule has 53 heavy (non-hydrogen) atoms. The molecular weight excluding hydrogens is 703 g/mol. The number of rotatable bonds is 36. The highest BCUT2D eigenvalue weighted by Crippen LogP contribution is 2.47. The number of unbranched alkanes of at least 4 members (excludes halogenated alkanes) is 24. The zero-order valence-electron chi connectivity index (χ0n) is 33.3. The molecule has 0 radical (unpaired) electrons. The Labute approximate surface area is 321 Å². The topological polar surface area (TPSA) is 192 Å². The van der Waals surface area contributed by atoms with Crippen LogP contribution >= 0.6 is 7.82 Å². The van der Waals surface area contributed by atoms with E-state index in [1.54, 1.807) is 0 Å². The van der Waals surface area contributed by atoms with Gasteiger partial charge in [0.25, 0.3) is 0 Å². The van der Waals surface area contributed by atoms with Crippen LogP contribution in [0.4, 0.5) is 0 Å². The Kier molecular flexibility index (Phi) is 30.8. The lowest BCUT2D eigenvalue weighted by Gasteiger charge is -2.41. The Morgan fingerprint density at radius 1 is 0.528 bits per heavy atom. The van der Waals surface area contributed by atoms with Gasteiger partial charge in [0.15, 0.2) is 0 Å². The zero-order valence-corrected chi connectivity index (χ0v) is 34.2. The van der Waals surface area contributed by atoms with E-state index in [9.17, 15) is 39.8 Å². The Balaban J connectivity index is 2.38. The molecule has 0 spiro atoms. The molecule has 6 atom stereocenters. The molecule has 13 heteroatoms. The van der Waals surface area contributed by atoms with Gasteiger partial charge in [0.05, 0.1) is 13.2 Å². The van der Waals surface area contributed by atoms with Crippen molar-refractivity contribution >= 4 is 13.8 Å². The van der Waals surface area contributed by atoms with Crippen LogP contribution in [0.2, 0.25) is 0 Å². The van der Waals surface area contributed by atoms with Crippen LogP contribution in [0, 0.1) is 0 Å². The molecular formula is C40H79O12P. The maximum Gasteiger partial charge on any atom is 0.472 e. The first-order valence-electron chi connectivity index (χ1n) is 21.4. The van der Waals surface area contributed by atoms with E-state index in [-0.39, 0.29) is 13.0 Å². The monoisotopic (exact) mass is 783 g/mol. The lowest BCUT2D eigenvalue weighted by atomic mass is 9.85. The van der Waals surface area contributed by atoms with Crippen LogP contribution in [-0.4, -0.2) is 98.9 Å². The molecule has 1 aliphatic rings. The molecule has 0 aliphatic heterocycles. The third-order valence-electron chi connectivity index (χ3n) is 10.2. The fourth-order valence-corrected chi connectivity index (χ4v) is 7.74. The lowest BCUT2D eigenvalue weighted by molar-refractivity contribution is -0.220. The Morgan fingerprint density at radius 2 is 0.887 bits per heavy atom. The number of ether oxygens (including phenoxy) is 2. The van der Waals surface area contributed by atoms with Gasteiger partial charge in [-0.05, 0) is 12.8 Å². The number of carbonyl (C=O) groups is 1. The first-order chi connectivity index (χ1) is 25.5. The van der Waals surface area contributed by atoms with Gasteiger partial charge in [-0.2, -0.15) is 0 Å². The molecule has 6 N–H and O–H groups in total. The smallest absolute Gasteiger partial charge is 0.457 e. The first kappa shape index (κ1) is 50.4. The highest BCUT2D eigenvalue weighted by atomic mass is 31.2. The molecule has 0 aromatic carbocycles. The van der Waals surface area contributed by atoms with Crippen LogP contribution in [0.1, 0.15) is 187 Å². The average molecular weight is 783 g/mol. The number of carbonyl (C=O) groups excluding carboxylic acids is 1. The highest BCUT2D eigenvalue weighted by Gasteiger charge is 2.51. The van der Waals surface area contributed by atoms with Crippen LogP contribution in [0.3, 0.4) is 0 Å². The number of hydrogen-bond acceptors (Lipinski definition) is 11. The second-order valence-corrected chi connectivity index (χ2v) is 16.6. The Hall–Kier alpha value is -0.660. The van der Waals surface area contributed by atoms with Gasteiger partial charge in [-0.25, -0.2) is 4.57 Å². The summed E-state index contributed by atoms with van der Waals surface area (Å²) in [6.45, 7) is 4.25. The summed E-state index contributed by atoms with van der Waals surface area (Å²) in [7, 11) is -5.00. The van der Waals surface area contributed by atoms with Crippen LogP contribution in [-0.2, 0) is 27.9 Å². The summed E-state index contributed by atoms with van der Waals surface area (Å²) in [4.78, 5) is 23.0. The summed E-state index contributed by atoms with van der Waals surface area (Å²) in [5.74, 6) is -0.474. The Bertz CT molecular complexity index is 895. The average Bonchev–Trinajstić information content (AvgIpc) is 3.14. The molecule has 0 bridgehead atoms. The number of hydrogen-bond donors (Lipinski definition) is 6. The second kappa shape index (κ2) is 32.4. The van der Waals surface area contributed by atoms with Crippen molar-refractivity contribution in [2.45, 2.75) is 230 Å². The minimum absolute atomic E-state index is 0.0693. The number of aliphatic hydroxyl groups is 5. The summed E-state index contributed by atoms with van der Waals surface area (Å²) >= 11 is 0. The second-order valence-electron chi connectivity index (χ2n) is 15.2. The number of phosphoric ester groups is 1. The summed E-state index contributed by atoms with van der Waals surface area (Å²) in [6.07, 6.45) is 19.0. The van der Waals surface area contributed by atoms with Gasteiger partial charge in [-0.1, -0.05) is 168 Å². The normalized spacial score (nSPS) is 23.5. The largest absolute Gasteiger partial charge is 0.472 e. The van der Waals surface area contributed by atoms with Crippen molar-refractivity contribution in [2.75, 3.05) is 19.8 Å². The standard InChI is InChI=1S/C40H79O12P/c1-3-5-7-9-11-13-14-15-16-17-18-19-20-21-23-25-27-29-34(41)51-33(31-49-30-28-26-24-22-12-10-8-6-4-2)32-50-53(47,48)52-40-38(45)36(43)35(42)37(44)39(40)46/h33,35-40,42-46H,3-32H2,1-2H3,(H,47,48). The molecule has 0 aromatic heterocycles.